The van der Waals surface area contributed by atoms with Crippen LogP contribution in [-0.4, -0.2) is 30.7 Å². The minimum absolute atomic E-state index is 0.129. The van der Waals surface area contributed by atoms with Crippen LogP contribution in [0.1, 0.15) is 32.2 Å². The lowest BCUT2D eigenvalue weighted by Gasteiger charge is -2.15. The fourth-order valence-electron chi connectivity index (χ4n) is 2.08. The summed E-state index contributed by atoms with van der Waals surface area (Å²) in [6, 6.07) is 1.71. The number of aryl methyl sites for hydroxylation is 1. The number of hydrogen-bond acceptors (Lipinski definition) is 5. The number of amides is 1. The molecule has 2 rings (SSSR count). The van der Waals surface area contributed by atoms with Gasteiger partial charge in [-0.2, -0.15) is 0 Å². The smallest absolute Gasteiger partial charge is 0.240 e. The molecule has 7 heteroatoms. The Hall–Kier alpha value is -1.89. The lowest BCUT2D eigenvalue weighted by molar-refractivity contribution is -0.115. The maximum absolute atomic E-state index is 12.3. The Morgan fingerprint density at radius 3 is 2.52 bits per heavy atom. The van der Waals surface area contributed by atoms with Crippen LogP contribution >= 0.6 is 11.8 Å². The molecule has 0 radical (unpaired) electrons. The van der Waals surface area contributed by atoms with E-state index in [2.05, 4.69) is 45.6 Å². The van der Waals surface area contributed by atoms with E-state index in [1.165, 1.54) is 11.8 Å². The largest absolute Gasteiger partial charge is 0.323 e. The number of nitrogens with one attached hydrogen (secondary N) is 1. The van der Waals surface area contributed by atoms with E-state index in [1.54, 1.807) is 18.5 Å². The Balaban J connectivity index is 2.09. The van der Waals surface area contributed by atoms with Gasteiger partial charge in [0.15, 0.2) is 5.16 Å². The van der Waals surface area contributed by atoms with Crippen LogP contribution in [0.5, 0.6) is 0 Å². The molecule has 0 fully saturated rings. The first-order valence-electron chi connectivity index (χ1n) is 7.66. The number of carbonyl (C=O) groups excluding carboxylic acids is 1. The zero-order valence-corrected chi connectivity index (χ0v) is 15.0. The van der Waals surface area contributed by atoms with Crippen LogP contribution < -0.4 is 5.32 Å². The van der Waals surface area contributed by atoms with E-state index in [9.17, 15) is 4.79 Å². The minimum atomic E-state index is -0.286. The van der Waals surface area contributed by atoms with Crippen molar-refractivity contribution >= 4 is 23.6 Å². The second-order valence-corrected chi connectivity index (χ2v) is 7.20. The molecule has 0 spiro atoms. The first kappa shape index (κ1) is 17.5. The van der Waals surface area contributed by atoms with Gasteiger partial charge in [0.05, 0.1) is 10.9 Å². The van der Waals surface area contributed by atoms with E-state index in [1.807, 2.05) is 13.8 Å². The molecule has 0 aliphatic heterocycles. The first-order valence-corrected chi connectivity index (χ1v) is 8.54. The summed E-state index contributed by atoms with van der Waals surface area (Å²) >= 11 is 1.46. The number of imidazole rings is 1. The predicted octanol–water partition coefficient (Wildman–Crippen LogP) is 3.07. The summed E-state index contributed by atoms with van der Waals surface area (Å²) in [6.45, 7) is 11.2. The lowest BCUT2D eigenvalue weighted by Crippen LogP contribution is -2.24. The van der Waals surface area contributed by atoms with Crippen molar-refractivity contribution in [1.82, 2.24) is 19.5 Å². The summed E-state index contributed by atoms with van der Waals surface area (Å²) < 4.78 is 2.19. The third kappa shape index (κ3) is 4.54. The van der Waals surface area contributed by atoms with Crippen molar-refractivity contribution in [3.63, 3.8) is 0 Å². The Labute approximate surface area is 141 Å². The number of nitrogens with zero attached hydrogens (tertiary/aromatic N) is 4. The van der Waals surface area contributed by atoms with E-state index < -0.39 is 0 Å². The van der Waals surface area contributed by atoms with Crippen molar-refractivity contribution in [2.24, 2.45) is 5.92 Å². The normalized spacial score (nSPS) is 12.4. The van der Waals surface area contributed by atoms with Gasteiger partial charge in [0, 0.05) is 24.6 Å². The van der Waals surface area contributed by atoms with Crippen molar-refractivity contribution in [3.05, 3.63) is 29.8 Å². The molecule has 2 aromatic heterocycles. The average molecular weight is 333 g/mol. The van der Waals surface area contributed by atoms with Gasteiger partial charge < -0.3 is 4.57 Å². The van der Waals surface area contributed by atoms with Crippen molar-refractivity contribution in [2.75, 3.05) is 5.32 Å². The highest BCUT2D eigenvalue weighted by atomic mass is 32.2. The molecule has 1 amide bonds. The average Bonchev–Trinajstić information content (AvgIpc) is 2.75. The van der Waals surface area contributed by atoms with Gasteiger partial charge in [0.25, 0.3) is 0 Å². The third-order valence-corrected chi connectivity index (χ3v) is 4.51. The van der Waals surface area contributed by atoms with Crippen LogP contribution in [0.2, 0.25) is 0 Å². The van der Waals surface area contributed by atoms with Gasteiger partial charge in [-0.3, -0.25) is 10.1 Å². The number of aromatic nitrogens is 4. The van der Waals surface area contributed by atoms with Gasteiger partial charge >= 0.3 is 0 Å². The summed E-state index contributed by atoms with van der Waals surface area (Å²) in [4.78, 5) is 24.9. The number of hydrogen-bond donors (Lipinski definition) is 1. The van der Waals surface area contributed by atoms with Gasteiger partial charge in [-0.25, -0.2) is 15.0 Å². The second kappa shape index (κ2) is 7.59. The molecule has 0 saturated carbocycles. The van der Waals surface area contributed by atoms with Crippen LogP contribution in [0, 0.1) is 19.8 Å². The van der Waals surface area contributed by atoms with E-state index in [-0.39, 0.29) is 11.2 Å². The van der Waals surface area contributed by atoms with Crippen LogP contribution in [-0.2, 0) is 11.3 Å². The molecule has 1 N–H and O–H groups in total. The van der Waals surface area contributed by atoms with Crippen molar-refractivity contribution < 1.29 is 4.79 Å². The van der Waals surface area contributed by atoms with Gasteiger partial charge in [0.1, 0.15) is 0 Å². The van der Waals surface area contributed by atoms with Gasteiger partial charge in [-0.05, 0) is 32.8 Å². The SMILES string of the molecule is Cc1nc(S[C@@H](C)C(=O)Nc2ncccn2)n(CC(C)C)c1C. The van der Waals surface area contributed by atoms with Crippen LogP contribution in [0.15, 0.2) is 23.6 Å². The number of carbonyl (C=O) groups is 1. The monoisotopic (exact) mass is 333 g/mol. The maximum atomic E-state index is 12.3. The van der Waals surface area contributed by atoms with E-state index >= 15 is 0 Å². The molecule has 0 aliphatic carbocycles. The Morgan fingerprint density at radius 2 is 1.91 bits per heavy atom. The molecule has 1 atom stereocenters. The van der Waals surface area contributed by atoms with Crippen molar-refractivity contribution in [1.29, 1.82) is 0 Å². The molecule has 6 nitrogen and oxygen atoms in total. The summed E-state index contributed by atoms with van der Waals surface area (Å²) in [5.74, 6) is 0.710. The Morgan fingerprint density at radius 1 is 1.26 bits per heavy atom. The molecule has 124 valence electrons. The van der Waals surface area contributed by atoms with E-state index in [0.29, 0.717) is 11.9 Å². The molecule has 23 heavy (non-hydrogen) atoms. The number of anilines is 1. The number of rotatable bonds is 6. The summed E-state index contributed by atoms with van der Waals surface area (Å²) in [5, 5.41) is 3.32. The summed E-state index contributed by atoms with van der Waals surface area (Å²) in [5.41, 5.74) is 2.16. The summed E-state index contributed by atoms with van der Waals surface area (Å²) in [7, 11) is 0. The van der Waals surface area contributed by atoms with E-state index in [4.69, 9.17) is 0 Å². The van der Waals surface area contributed by atoms with Crippen LogP contribution in [0.4, 0.5) is 5.95 Å². The topological polar surface area (TPSA) is 72.7 Å². The van der Waals surface area contributed by atoms with Gasteiger partial charge in [-0.1, -0.05) is 25.6 Å². The molecule has 0 saturated heterocycles. The molecule has 0 unspecified atom stereocenters. The predicted molar refractivity (Wildman–Crippen MR) is 92.5 cm³/mol. The highest BCUT2D eigenvalue weighted by Crippen LogP contribution is 2.26. The minimum Gasteiger partial charge on any atom is -0.323 e. The zero-order valence-electron chi connectivity index (χ0n) is 14.2. The number of thioether (sulfide) groups is 1. The molecule has 2 aromatic rings. The fraction of sp³-hybridized carbons (Fsp3) is 0.500. The first-order chi connectivity index (χ1) is 10.9. The molecular weight excluding hydrogens is 310 g/mol. The highest BCUT2D eigenvalue weighted by Gasteiger charge is 2.20. The molecule has 0 bridgehead atoms. The van der Waals surface area contributed by atoms with Crippen LogP contribution in [0.25, 0.3) is 0 Å². The maximum Gasteiger partial charge on any atom is 0.240 e. The fourth-order valence-corrected chi connectivity index (χ4v) is 3.09. The van der Waals surface area contributed by atoms with E-state index in [0.717, 1.165) is 23.1 Å². The molecule has 0 aromatic carbocycles. The van der Waals surface area contributed by atoms with Crippen LogP contribution in [0.3, 0.4) is 0 Å². The van der Waals surface area contributed by atoms with Gasteiger partial charge in [0.2, 0.25) is 11.9 Å². The molecule has 2 heterocycles. The third-order valence-electron chi connectivity index (χ3n) is 3.42. The standard InChI is InChI=1S/C16H23N5OS/c1-10(2)9-21-12(4)11(3)19-16(21)23-13(5)14(22)20-15-17-7-6-8-18-15/h6-8,10,13H,9H2,1-5H3,(H,17,18,20,22)/t13-/m0/s1. The molecular formula is C16H23N5OS. The molecule has 0 aliphatic rings. The summed E-state index contributed by atoms with van der Waals surface area (Å²) in [6.07, 6.45) is 3.20. The van der Waals surface area contributed by atoms with Gasteiger partial charge in [-0.15, -0.1) is 0 Å². The van der Waals surface area contributed by atoms with Crippen molar-refractivity contribution in [3.8, 4) is 0 Å². The Kier molecular flexibility index (Phi) is 5.76. The highest BCUT2D eigenvalue weighted by molar-refractivity contribution is 8.00. The second-order valence-electron chi connectivity index (χ2n) is 5.89. The van der Waals surface area contributed by atoms with Crippen molar-refractivity contribution in [2.45, 2.75) is 51.6 Å². The quantitative estimate of drug-likeness (QED) is 0.823. The lowest BCUT2D eigenvalue weighted by atomic mass is 10.2. The zero-order chi connectivity index (χ0) is 17.0. The Bertz CT molecular complexity index is 669.